The molecule has 1 aromatic carbocycles. The van der Waals surface area contributed by atoms with E-state index in [-0.39, 0.29) is 5.82 Å². The van der Waals surface area contributed by atoms with Gasteiger partial charge in [0.15, 0.2) is 0 Å². The van der Waals surface area contributed by atoms with Crippen LogP contribution in [0.4, 0.5) is 4.39 Å². The Kier molecular flexibility index (Phi) is 1.91. The molecule has 2 fully saturated rings. The maximum atomic E-state index is 13.2. The zero-order chi connectivity index (χ0) is 11.4. The molecule has 2 aliphatic carbocycles. The normalized spacial score (nSPS) is 31.5. The van der Waals surface area contributed by atoms with E-state index >= 15 is 0 Å². The largest absolute Gasteiger partial charge is 0.358 e. The van der Waals surface area contributed by atoms with Gasteiger partial charge in [0.1, 0.15) is 5.82 Å². The highest BCUT2D eigenvalue weighted by molar-refractivity contribution is 5.80. The topological polar surface area (TPSA) is 15.8 Å². The third-order valence-electron chi connectivity index (χ3n) is 4.74. The molecule has 1 N–H and O–H groups in total. The van der Waals surface area contributed by atoms with Crippen LogP contribution < -0.4 is 0 Å². The van der Waals surface area contributed by atoms with Crippen LogP contribution in [0.15, 0.2) is 24.3 Å². The molecule has 1 heterocycles. The quantitative estimate of drug-likeness (QED) is 0.754. The Morgan fingerprint density at radius 3 is 2.82 bits per heavy atom. The van der Waals surface area contributed by atoms with E-state index in [9.17, 15) is 4.39 Å². The second-order valence-corrected chi connectivity index (χ2v) is 5.74. The standard InChI is InChI=1S/C15H16FN/c16-12-3-4-14-11(7-12)8-15(17-14)13-6-9-1-2-10(13)5-9/h3-4,7-10,13,17H,1-2,5-6H2. The molecule has 1 aromatic heterocycles. The summed E-state index contributed by atoms with van der Waals surface area (Å²) < 4.78 is 13.2. The Labute approximate surface area is 100 Å². The Bertz CT molecular complexity index is 571. The summed E-state index contributed by atoms with van der Waals surface area (Å²) in [6.07, 6.45) is 5.56. The lowest BCUT2D eigenvalue weighted by molar-refractivity contribution is 0.415. The predicted octanol–water partition coefficient (Wildman–Crippen LogP) is 4.21. The summed E-state index contributed by atoms with van der Waals surface area (Å²) >= 11 is 0. The van der Waals surface area contributed by atoms with Gasteiger partial charge in [-0.25, -0.2) is 4.39 Å². The van der Waals surface area contributed by atoms with Crippen molar-refractivity contribution in [3.63, 3.8) is 0 Å². The molecule has 4 rings (SSSR count). The smallest absolute Gasteiger partial charge is 0.123 e. The highest BCUT2D eigenvalue weighted by atomic mass is 19.1. The molecule has 1 nitrogen and oxygen atoms in total. The summed E-state index contributed by atoms with van der Waals surface area (Å²) in [5.41, 5.74) is 2.40. The molecule has 88 valence electrons. The molecule has 2 aliphatic rings. The summed E-state index contributed by atoms with van der Waals surface area (Å²) in [4.78, 5) is 3.48. The summed E-state index contributed by atoms with van der Waals surface area (Å²) in [7, 11) is 0. The van der Waals surface area contributed by atoms with Gasteiger partial charge < -0.3 is 4.98 Å². The number of aromatic nitrogens is 1. The summed E-state index contributed by atoms with van der Waals surface area (Å²) in [5, 5.41) is 1.02. The number of hydrogen-bond donors (Lipinski definition) is 1. The Hall–Kier alpha value is -1.31. The lowest BCUT2D eigenvalue weighted by Crippen LogP contribution is -2.08. The van der Waals surface area contributed by atoms with Crippen LogP contribution in [0.3, 0.4) is 0 Å². The van der Waals surface area contributed by atoms with Crippen LogP contribution in [-0.2, 0) is 0 Å². The van der Waals surface area contributed by atoms with E-state index in [4.69, 9.17) is 0 Å². The molecular formula is C15H16FN. The van der Waals surface area contributed by atoms with Crippen molar-refractivity contribution in [3.8, 4) is 0 Å². The average Bonchev–Trinajstić information content (AvgIpc) is 3.01. The van der Waals surface area contributed by atoms with Gasteiger partial charge in [-0.05, 0) is 55.4 Å². The Morgan fingerprint density at radius 1 is 1.12 bits per heavy atom. The molecule has 0 saturated heterocycles. The maximum Gasteiger partial charge on any atom is 0.123 e. The minimum Gasteiger partial charge on any atom is -0.358 e. The predicted molar refractivity (Wildman–Crippen MR) is 66.4 cm³/mol. The van der Waals surface area contributed by atoms with E-state index in [0.29, 0.717) is 5.92 Å². The van der Waals surface area contributed by atoms with Crippen molar-refractivity contribution in [3.05, 3.63) is 35.8 Å². The number of benzene rings is 1. The van der Waals surface area contributed by atoms with Crippen molar-refractivity contribution >= 4 is 10.9 Å². The van der Waals surface area contributed by atoms with Crippen molar-refractivity contribution in [2.45, 2.75) is 31.6 Å². The molecule has 0 spiro atoms. The fourth-order valence-corrected chi connectivity index (χ4v) is 3.95. The monoisotopic (exact) mass is 229 g/mol. The Morgan fingerprint density at radius 2 is 2.06 bits per heavy atom. The molecule has 17 heavy (non-hydrogen) atoms. The van der Waals surface area contributed by atoms with E-state index in [1.54, 1.807) is 6.07 Å². The van der Waals surface area contributed by atoms with Crippen molar-refractivity contribution in [2.24, 2.45) is 11.8 Å². The molecule has 2 heteroatoms. The number of rotatable bonds is 1. The van der Waals surface area contributed by atoms with Crippen molar-refractivity contribution < 1.29 is 4.39 Å². The summed E-state index contributed by atoms with van der Waals surface area (Å²) in [6.45, 7) is 0. The van der Waals surface area contributed by atoms with Crippen molar-refractivity contribution in [2.75, 3.05) is 0 Å². The lowest BCUT2D eigenvalue weighted by atomic mass is 9.86. The van der Waals surface area contributed by atoms with E-state index in [2.05, 4.69) is 11.1 Å². The third-order valence-corrected chi connectivity index (χ3v) is 4.74. The van der Waals surface area contributed by atoms with E-state index in [0.717, 1.165) is 22.7 Å². The van der Waals surface area contributed by atoms with Crippen molar-refractivity contribution in [1.29, 1.82) is 0 Å². The molecule has 2 saturated carbocycles. The summed E-state index contributed by atoms with van der Waals surface area (Å²) in [6, 6.07) is 7.16. The van der Waals surface area contributed by atoms with Gasteiger partial charge in [-0.2, -0.15) is 0 Å². The molecule has 0 amide bonds. The first kappa shape index (κ1) is 9.69. The van der Waals surface area contributed by atoms with Crippen LogP contribution in [0, 0.1) is 17.7 Å². The average molecular weight is 229 g/mol. The number of hydrogen-bond acceptors (Lipinski definition) is 0. The molecular weight excluding hydrogens is 213 g/mol. The SMILES string of the molecule is Fc1ccc2[nH]c(C3CC4CCC3C4)cc2c1. The highest BCUT2D eigenvalue weighted by Gasteiger charge is 2.40. The maximum absolute atomic E-state index is 13.2. The fourth-order valence-electron chi connectivity index (χ4n) is 3.95. The zero-order valence-electron chi connectivity index (χ0n) is 9.75. The van der Waals surface area contributed by atoms with Gasteiger partial charge in [-0.1, -0.05) is 6.42 Å². The van der Waals surface area contributed by atoms with Gasteiger partial charge >= 0.3 is 0 Å². The van der Waals surface area contributed by atoms with Gasteiger partial charge in [-0.3, -0.25) is 0 Å². The second-order valence-electron chi connectivity index (χ2n) is 5.74. The highest BCUT2D eigenvalue weighted by Crippen LogP contribution is 2.52. The van der Waals surface area contributed by atoms with Gasteiger partial charge in [0.05, 0.1) is 0 Å². The third kappa shape index (κ3) is 1.43. The van der Waals surface area contributed by atoms with Crippen LogP contribution >= 0.6 is 0 Å². The van der Waals surface area contributed by atoms with Gasteiger partial charge in [0.2, 0.25) is 0 Å². The first-order valence-corrected chi connectivity index (χ1v) is 6.58. The second kappa shape index (κ2) is 3.34. The van der Waals surface area contributed by atoms with Crippen LogP contribution in [0.25, 0.3) is 10.9 Å². The number of fused-ring (bicyclic) bond motifs is 3. The lowest BCUT2D eigenvalue weighted by Gasteiger charge is -2.20. The van der Waals surface area contributed by atoms with Gasteiger partial charge in [0.25, 0.3) is 0 Å². The molecule has 0 aliphatic heterocycles. The fraction of sp³-hybridized carbons (Fsp3) is 0.467. The molecule has 2 aromatic rings. The van der Waals surface area contributed by atoms with E-state index < -0.39 is 0 Å². The summed E-state index contributed by atoms with van der Waals surface area (Å²) in [5.74, 6) is 2.38. The van der Waals surface area contributed by atoms with E-state index in [1.165, 1.54) is 37.4 Å². The van der Waals surface area contributed by atoms with Crippen LogP contribution in [0.5, 0.6) is 0 Å². The molecule has 0 radical (unpaired) electrons. The Balaban J connectivity index is 1.76. The molecule has 2 bridgehead atoms. The number of nitrogens with one attached hydrogen (secondary N) is 1. The van der Waals surface area contributed by atoms with Crippen LogP contribution in [0.1, 0.15) is 37.3 Å². The van der Waals surface area contributed by atoms with Crippen molar-refractivity contribution in [1.82, 2.24) is 4.98 Å². The minimum atomic E-state index is -0.143. The minimum absolute atomic E-state index is 0.143. The van der Waals surface area contributed by atoms with Crippen LogP contribution in [0.2, 0.25) is 0 Å². The van der Waals surface area contributed by atoms with Gasteiger partial charge in [-0.15, -0.1) is 0 Å². The molecule has 3 atom stereocenters. The first-order chi connectivity index (χ1) is 8.29. The first-order valence-electron chi connectivity index (χ1n) is 6.58. The van der Waals surface area contributed by atoms with Crippen LogP contribution in [-0.4, -0.2) is 4.98 Å². The zero-order valence-corrected chi connectivity index (χ0v) is 9.75. The number of H-pyrrole nitrogens is 1. The van der Waals surface area contributed by atoms with Gasteiger partial charge in [0, 0.05) is 22.5 Å². The number of aromatic amines is 1. The number of halogens is 1. The van der Waals surface area contributed by atoms with E-state index in [1.807, 2.05) is 6.07 Å². The molecule has 3 unspecified atom stereocenters.